The van der Waals surface area contributed by atoms with Gasteiger partial charge in [-0.25, -0.2) is 13.8 Å². The Morgan fingerprint density at radius 1 is 1.14 bits per heavy atom. The van der Waals surface area contributed by atoms with E-state index in [2.05, 4.69) is 15.0 Å². The van der Waals surface area contributed by atoms with Gasteiger partial charge < -0.3 is 10.1 Å². The monoisotopic (exact) mass is 387 g/mol. The van der Waals surface area contributed by atoms with Crippen LogP contribution in [0.2, 0.25) is 0 Å². The normalized spacial score (nSPS) is 10.7. The molecule has 0 radical (unpaired) electrons. The van der Waals surface area contributed by atoms with Gasteiger partial charge >= 0.3 is 5.97 Å². The second kappa shape index (κ2) is 7.95. The summed E-state index contributed by atoms with van der Waals surface area (Å²) in [5, 5.41) is 2.83. The maximum absolute atomic E-state index is 13.3. The lowest BCUT2D eigenvalue weighted by molar-refractivity contribution is -0.144. The Kier molecular flexibility index (Phi) is 5.44. The van der Waals surface area contributed by atoms with Crippen molar-refractivity contribution in [3.8, 4) is 0 Å². The maximum Gasteiger partial charge on any atom is 0.303 e. The lowest BCUT2D eigenvalue weighted by Crippen LogP contribution is -2.22. The van der Waals surface area contributed by atoms with Gasteiger partial charge in [0.15, 0.2) is 18.2 Å². The van der Waals surface area contributed by atoms with Gasteiger partial charge in [0.1, 0.15) is 0 Å². The fourth-order valence-corrected chi connectivity index (χ4v) is 2.55. The minimum atomic E-state index is -0.992. The Hall–Kier alpha value is -3.62. The van der Waals surface area contributed by atoms with Crippen molar-refractivity contribution in [1.29, 1.82) is 0 Å². The minimum Gasteiger partial charge on any atom is -0.456 e. The van der Waals surface area contributed by atoms with Crippen LogP contribution in [0.1, 0.15) is 12.5 Å². The number of fused-ring (bicyclic) bond motifs is 1. The Morgan fingerprint density at radius 2 is 1.93 bits per heavy atom. The second-order valence-corrected chi connectivity index (χ2v) is 5.99. The van der Waals surface area contributed by atoms with Gasteiger partial charge in [0.25, 0.3) is 11.5 Å². The zero-order valence-electron chi connectivity index (χ0n) is 14.7. The molecule has 0 unspecified atom stereocenters. The fourth-order valence-electron chi connectivity index (χ4n) is 2.55. The highest BCUT2D eigenvalue weighted by molar-refractivity contribution is 5.94. The average molecular weight is 387 g/mol. The number of hydrogen-bond acceptors (Lipinski definition) is 5. The number of halogens is 2. The van der Waals surface area contributed by atoms with Crippen LogP contribution in [0.25, 0.3) is 10.9 Å². The number of amides is 1. The summed E-state index contributed by atoms with van der Waals surface area (Å²) >= 11 is 0. The lowest BCUT2D eigenvalue weighted by atomic mass is 10.2. The molecule has 1 aromatic heterocycles. The van der Waals surface area contributed by atoms with E-state index in [1.165, 1.54) is 42.1 Å². The predicted molar refractivity (Wildman–Crippen MR) is 96.7 cm³/mol. The van der Waals surface area contributed by atoms with E-state index in [-0.39, 0.29) is 12.1 Å². The van der Waals surface area contributed by atoms with Gasteiger partial charge in [-0.15, -0.1) is 0 Å². The van der Waals surface area contributed by atoms with Crippen LogP contribution in [0.3, 0.4) is 0 Å². The van der Waals surface area contributed by atoms with E-state index in [0.717, 1.165) is 12.1 Å². The molecule has 7 nitrogen and oxygen atoms in total. The first kappa shape index (κ1) is 19.2. The van der Waals surface area contributed by atoms with Gasteiger partial charge in [-0.05, 0) is 35.9 Å². The van der Waals surface area contributed by atoms with E-state index in [4.69, 9.17) is 0 Å². The molecule has 144 valence electrons. The number of nitrogens with zero attached hydrogens (tertiary/aromatic N) is 2. The first-order chi connectivity index (χ1) is 13.3. The summed E-state index contributed by atoms with van der Waals surface area (Å²) in [4.78, 5) is 39.2. The first-order valence-electron chi connectivity index (χ1n) is 8.20. The minimum absolute atomic E-state index is 0.0276. The van der Waals surface area contributed by atoms with E-state index >= 15 is 0 Å². The molecule has 1 N–H and O–H groups in total. The summed E-state index contributed by atoms with van der Waals surface area (Å²) in [6, 6.07) is 7.91. The molecular formula is C19H15F2N3O4. The van der Waals surface area contributed by atoms with Crippen molar-refractivity contribution in [2.24, 2.45) is 0 Å². The zero-order valence-corrected chi connectivity index (χ0v) is 14.7. The average Bonchev–Trinajstić information content (AvgIpc) is 2.65. The SMILES string of the molecule is CC(=O)OCC(=O)Nc1ccc2c(=O)n(Cc3ccc(F)c(F)c3)cnc2c1. The Bertz CT molecular complexity index is 1130. The molecule has 1 heterocycles. The first-order valence-corrected chi connectivity index (χ1v) is 8.20. The van der Waals surface area contributed by atoms with Crippen LogP contribution in [0.15, 0.2) is 47.5 Å². The summed E-state index contributed by atoms with van der Waals surface area (Å²) < 4.78 is 32.2. The van der Waals surface area contributed by atoms with Gasteiger partial charge in [-0.1, -0.05) is 6.07 Å². The number of carbonyl (C=O) groups is 2. The highest BCUT2D eigenvalue weighted by Crippen LogP contribution is 2.15. The smallest absolute Gasteiger partial charge is 0.303 e. The van der Waals surface area contributed by atoms with E-state index in [1.807, 2.05) is 0 Å². The fraction of sp³-hybridized carbons (Fsp3) is 0.158. The molecule has 0 aliphatic heterocycles. The topological polar surface area (TPSA) is 90.3 Å². The molecule has 0 aliphatic carbocycles. The Labute approximate surface area is 157 Å². The summed E-state index contributed by atoms with van der Waals surface area (Å²) in [6.07, 6.45) is 1.29. The van der Waals surface area contributed by atoms with Crippen molar-refractivity contribution in [2.45, 2.75) is 13.5 Å². The zero-order chi connectivity index (χ0) is 20.3. The molecule has 9 heteroatoms. The van der Waals surface area contributed by atoms with Crippen molar-refractivity contribution in [2.75, 3.05) is 11.9 Å². The van der Waals surface area contributed by atoms with E-state index < -0.39 is 30.1 Å². The number of esters is 1. The quantitative estimate of drug-likeness (QED) is 0.678. The molecule has 0 aliphatic rings. The highest BCUT2D eigenvalue weighted by Gasteiger charge is 2.10. The number of hydrogen-bond donors (Lipinski definition) is 1. The number of aromatic nitrogens is 2. The molecule has 3 aromatic rings. The van der Waals surface area contributed by atoms with Crippen molar-refractivity contribution in [3.05, 3.63) is 70.3 Å². The summed E-state index contributed by atoms with van der Waals surface area (Å²) in [5.74, 6) is -3.05. The van der Waals surface area contributed by atoms with Gasteiger partial charge in [-0.3, -0.25) is 19.0 Å². The van der Waals surface area contributed by atoms with Gasteiger partial charge in [0.2, 0.25) is 0 Å². The van der Waals surface area contributed by atoms with Crippen LogP contribution in [0.5, 0.6) is 0 Å². The number of anilines is 1. The van der Waals surface area contributed by atoms with Crippen molar-refractivity contribution in [1.82, 2.24) is 9.55 Å². The standard InChI is InChI=1S/C19H15F2N3O4/c1-11(25)28-9-18(26)23-13-3-4-14-17(7-13)22-10-24(19(14)27)8-12-2-5-15(20)16(21)6-12/h2-7,10H,8-9H2,1H3,(H,23,26). The van der Waals surface area contributed by atoms with Crippen molar-refractivity contribution < 1.29 is 23.1 Å². The number of rotatable bonds is 5. The van der Waals surface area contributed by atoms with Crippen LogP contribution >= 0.6 is 0 Å². The lowest BCUT2D eigenvalue weighted by Gasteiger charge is -2.09. The Morgan fingerprint density at radius 3 is 2.64 bits per heavy atom. The molecule has 2 aromatic carbocycles. The summed E-state index contributed by atoms with van der Waals surface area (Å²) in [7, 11) is 0. The predicted octanol–water partition coefficient (Wildman–Crippen LogP) is 2.22. The largest absolute Gasteiger partial charge is 0.456 e. The van der Waals surface area contributed by atoms with Crippen molar-refractivity contribution in [3.63, 3.8) is 0 Å². The van der Waals surface area contributed by atoms with Crippen LogP contribution in [-0.2, 0) is 20.9 Å². The highest BCUT2D eigenvalue weighted by atomic mass is 19.2. The van der Waals surface area contributed by atoms with E-state index in [9.17, 15) is 23.2 Å². The maximum atomic E-state index is 13.3. The Balaban J connectivity index is 1.82. The number of nitrogens with one attached hydrogen (secondary N) is 1. The third-order valence-corrected chi connectivity index (χ3v) is 3.85. The number of benzene rings is 2. The molecule has 0 saturated carbocycles. The molecule has 0 bridgehead atoms. The van der Waals surface area contributed by atoms with Crippen LogP contribution in [0, 0.1) is 11.6 Å². The molecular weight excluding hydrogens is 372 g/mol. The van der Waals surface area contributed by atoms with E-state index in [0.29, 0.717) is 22.2 Å². The van der Waals surface area contributed by atoms with Gasteiger partial charge in [-0.2, -0.15) is 0 Å². The summed E-state index contributed by atoms with van der Waals surface area (Å²) in [6.45, 7) is 0.801. The molecule has 0 fully saturated rings. The second-order valence-electron chi connectivity index (χ2n) is 5.99. The summed E-state index contributed by atoms with van der Waals surface area (Å²) in [5.41, 5.74) is 0.774. The number of ether oxygens (including phenoxy) is 1. The van der Waals surface area contributed by atoms with Crippen molar-refractivity contribution >= 4 is 28.5 Å². The molecule has 0 spiro atoms. The van der Waals surface area contributed by atoms with E-state index in [1.54, 1.807) is 0 Å². The molecule has 3 rings (SSSR count). The van der Waals surface area contributed by atoms with Crippen LogP contribution in [0.4, 0.5) is 14.5 Å². The molecule has 0 atom stereocenters. The van der Waals surface area contributed by atoms with Gasteiger partial charge in [0.05, 0.1) is 23.8 Å². The molecule has 1 amide bonds. The molecule has 0 saturated heterocycles. The third-order valence-electron chi connectivity index (χ3n) is 3.85. The van der Waals surface area contributed by atoms with Crippen LogP contribution < -0.4 is 10.9 Å². The molecule has 28 heavy (non-hydrogen) atoms. The number of carbonyl (C=O) groups excluding carboxylic acids is 2. The van der Waals surface area contributed by atoms with Gasteiger partial charge in [0, 0.05) is 12.6 Å². The van der Waals surface area contributed by atoms with Crippen LogP contribution in [-0.4, -0.2) is 28.0 Å². The third kappa shape index (κ3) is 4.37.